The summed E-state index contributed by atoms with van der Waals surface area (Å²) in [5.41, 5.74) is 5.96. The quantitative estimate of drug-likeness (QED) is 0.859. The summed E-state index contributed by atoms with van der Waals surface area (Å²) in [7, 11) is -3.75. The van der Waals surface area contributed by atoms with E-state index in [2.05, 4.69) is 0 Å². The molecule has 102 valence electrons. The molecule has 0 saturated carbocycles. The van der Waals surface area contributed by atoms with Gasteiger partial charge >= 0.3 is 0 Å². The van der Waals surface area contributed by atoms with Gasteiger partial charge < -0.3 is 5.73 Å². The Labute approximate surface area is 108 Å². The molecule has 0 fully saturated rings. The first-order valence-corrected chi connectivity index (χ1v) is 7.40. The lowest BCUT2D eigenvalue weighted by Gasteiger charge is -2.20. The molecule has 1 aromatic carbocycles. The van der Waals surface area contributed by atoms with Crippen LogP contribution in [0.15, 0.2) is 23.1 Å². The molecular formula is C12H19FN2O2S. The summed E-state index contributed by atoms with van der Waals surface area (Å²) in [5, 5.41) is 0. The zero-order chi connectivity index (χ0) is 13.8. The molecule has 0 aliphatic heterocycles. The van der Waals surface area contributed by atoms with Crippen LogP contribution in [-0.4, -0.2) is 25.8 Å². The second-order valence-electron chi connectivity index (χ2n) is 3.97. The largest absolute Gasteiger partial charge is 0.326 e. The second kappa shape index (κ2) is 6.26. The van der Waals surface area contributed by atoms with Crippen LogP contribution in [0, 0.1) is 5.82 Å². The number of benzene rings is 1. The molecule has 6 heteroatoms. The van der Waals surface area contributed by atoms with E-state index in [9.17, 15) is 12.8 Å². The number of rotatable bonds is 6. The fraction of sp³-hybridized carbons (Fsp3) is 0.500. The minimum Gasteiger partial charge on any atom is -0.326 e. The Bertz CT molecular complexity index is 503. The lowest BCUT2D eigenvalue weighted by Crippen LogP contribution is -2.32. The minimum atomic E-state index is -3.75. The Kier molecular flexibility index (Phi) is 5.25. The van der Waals surface area contributed by atoms with E-state index in [0.29, 0.717) is 25.1 Å². The van der Waals surface area contributed by atoms with Gasteiger partial charge in [-0.15, -0.1) is 0 Å². The van der Waals surface area contributed by atoms with Crippen molar-refractivity contribution in [3.63, 3.8) is 0 Å². The third-order valence-electron chi connectivity index (χ3n) is 2.68. The molecular weight excluding hydrogens is 255 g/mol. The van der Waals surface area contributed by atoms with Crippen molar-refractivity contribution in [1.82, 2.24) is 4.31 Å². The molecule has 0 radical (unpaired) electrons. The normalized spacial score (nSPS) is 12.1. The van der Waals surface area contributed by atoms with Crippen LogP contribution in [0.5, 0.6) is 0 Å². The number of nitrogens with zero attached hydrogens (tertiary/aromatic N) is 1. The lowest BCUT2D eigenvalue weighted by atomic mass is 10.2. The van der Waals surface area contributed by atoms with Gasteiger partial charge in [-0.3, -0.25) is 0 Å². The second-order valence-corrected chi connectivity index (χ2v) is 5.87. The predicted molar refractivity (Wildman–Crippen MR) is 69.0 cm³/mol. The van der Waals surface area contributed by atoms with E-state index >= 15 is 0 Å². The van der Waals surface area contributed by atoms with E-state index in [1.807, 2.05) is 6.92 Å². The van der Waals surface area contributed by atoms with Crippen molar-refractivity contribution in [3.05, 3.63) is 29.6 Å². The van der Waals surface area contributed by atoms with Crippen molar-refractivity contribution in [2.75, 3.05) is 13.1 Å². The molecule has 0 unspecified atom stereocenters. The molecule has 1 rings (SSSR count). The standard InChI is InChI=1S/C12H19FN2O2S/c1-3-7-15(4-2)18(16,17)12-6-5-10(9-14)8-11(12)13/h5-6,8H,3-4,7,9,14H2,1-2H3. The van der Waals surface area contributed by atoms with Crippen LogP contribution < -0.4 is 5.73 Å². The highest BCUT2D eigenvalue weighted by molar-refractivity contribution is 7.89. The average molecular weight is 274 g/mol. The lowest BCUT2D eigenvalue weighted by molar-refractivity contribution is 0.423. The van der Waals surface area contributed by atoms with Crippen LogP contribution >= 0.6 is 0 Å². The summed E-state index contributed by atoms with van der Waals surface area (Å²) in [6.45, 7) is 4.51. The van der Waals surface area contributed by atoms with E-state index in [-0.39, 0.29) is 11.4 Å². The maximum atomic E-state index is 13.8. The fourth-order valence-electron chi connectivity index (χ4n) is 1.72. The summed E-state index contributed by atoms with van der Waals surface area (Å²) in [6, 6.07) is 3.99. The van der Waals surface area contributed by atoms with Gasteiger partial charge in [-0.2, -0.15) is 4.31 Å². The monoisotopic (exact) mass is 274 g/mol. The molecule has 0 amide bonds. The van der Waals surface area contributed by atoms with Crippen LogP contribution in [0.3, 0.4) is 0 Å². The molecule has 0 aliphatic carbocycles. The molecule has 0 aliphatic rings. The van der Waals surface area contributed by atoms with E-state index in [4.69, 9.17) is 5.73 Å². The Balaban J connectivity index is 3.19. The van der Waals surface area contributed by atoms with Crippen LogP contribution in [-0.2, 0) is 16.6 Å². The third kappa shape index (κ3) is 3.07. The van der Waals surface area contributed by atoms with Crippen molar-refractivity contribution >= 4 is 10.0 Å². The zero-order valence-corrected chi connectivity index (χ0v) is 11.5. The maximum absolute atomic E-state index is 13.8. The molecule has 1 aromatic rings. The van der Waals surface area contributed by atoms with Gasteiger partial charge in [-0.05, 0) is 24.1 Å². The molecule has 0 saturated heterocycles. The van der Waals surface area contributed by atoms with Crippen molar-refractivity contribution in [2.24, 2.45) is 5.73 Å². The van der Waals surface area contributed by atoms with Gasteiger partial charge in [0, 0.05) is 19.6 Å². The fourth-order valence-corrected chi connectivity index (χ4v) is 3.30. The Morgan fingerprint density at radius 1 is 1.33 bits per heavy atom. The van der Waals surface area contributed by atoms with Gasteiger partial charge in [0.15, 0.2) is 0 Å². The topological polar surface area (TPSA) is 63.4 Å². The summed E-state index contributed by atoms with van der Waals surface area (Å²) in [5.74, 6) is -0.743. The van der Waals surface area contributed by atoms with Gasteiger partial charge in [-0.25, -0.2) is 12.8 Å². The zero-order valence-electron chi connectivity index (χ0n) is 10.7. The molecule has 0 spiro atoms. The maximum Gasteiger partial charge on any atom is 0.245 e. The van der Waals surface area contributed by atoms with Gasteiger partial charge in [-0.1, -0.05) is 19.9 Å². The number of halogens is 1. The molecule has 4 nitrogen and oxygen atoms in total. The average Bonchev–Trinajstić information content (AvgIpc) is 2.35. The summed E-state index contributed by atoms with van der Waals surface area (Å²) >= 11 is 0. The van der Waals surface area contributed by atoms with Crippen LogP contribution in [0.1, 0.15) is 25.8 Å². The van der Waals surface area contributed by atoms with Crippen molar-refractivity contribution in [3.8, 4) is 0 Å². The summed E-state index contributed by atoms with van der Waals surface area (Å²) in [4.78, 5) is -0.282. The highest BCUT2D eigenvalue weighted by Gasteiger charge is 2.25. The van der Waals surface area contributed by atoms with E-state index in [0.717, 1.165) is 0 Å². The van der Waals surface area contributed by atoms with Gasteiger partial charge in [0.25, 0.3) is 0 Å². The first-order valence-electron chi connectivity index (χ1n) is 5.96. The van der Waals surface area contributed by atoms with Crippen LogP contribution in [0.25, 0.3) is 0 Å². The molecule has 18 heavy (non-hydrogen) atoms. The van der Waals surface area contributed by atoms with Gasteiger partial charge in [0.05, 0.1) is 0 Å². The Hall–Kier alpha value is -0.980. The Morgan fingerprint density at radius 2 is 2.00 bits per heavy atom. The first kappa shape index (κ1) is 15.1. The first-order chi connectivity index (χ1) is 8.47. The highest BCUT2D eigenvalue weighted by Crippen LogP contribution is 2.20. The summed E-state index contributed by atoms with van der Waals surface area (Å²) < 4.78 is 39.5. The third-order valence-corrected chi connectivity index (χ3v) is 4.68. The van der Waals surface area contributed by atoms with Crippen molar-refractivity contribution in [2.45, 2.75) is 31.7 Å². The molecule has 0 atom stereocenters. The van der Waals surface area contributed by atoms with Gasteiger partial charge in [0.2, 0.25) is 10.0 Å². The minimum absolute atomic E-state index is 0.184. The molecule has 2 N–H and O–H groups in total. The van der Waals surface area contributed by atoms with Gasteiger partial charge in [0.1, 0.15) is 10.7 Å². The predicted octanol–water partition coefficient (Wildman–Crippen LogP) is 1.71. The van der Waals surface area contributed by atoms with Crippen LogP contribution in [0.4, 0.5) is 4.39 Å². The molecule has 0 heterocycles. The van der Waals surface area contributed by atoms with Crippen molar-refractivity contribution in [1.29, 1.82) is 0 Å². The number of sulfonamides is 1. The highest BCUT2D eigenvalue weighted by atomic mass is 32.2. The number of hydrogen-bond donors (Lipinski definition) is 1. The van der Waals surface area contributed by atoms with E-state index in [1.165, 1.54) is 22.5 Å². The number of nitrogens with two attached hydrogens (primary N) is 1. The van der Waals surface area contributed by atoms with Crippen molar-refractivity contribution < 1.29 is 12.8 Å². The Morgan fingerprint density at radius 3 is 2.44 bits per heavy atom. The smallest absolute Gasteiger partial charge is 0.245 e. The van der Waals surface area contributed by atoms with Crippen LogP contribution in [0.2, 0.25) is 0 Å². The SMILES string of the molecule is CCCN(CC)S(=O)(=O)c1ccc(CN)cc1F. The summed E-state index contributed by atoms with van der Waals surface area (Å²) in [6.07, 6.45) is 0.690. The van der Waals surface area contributed by atoms with E-state index < -0.39 is 15.8 Å². The molecule has 0 bridgehead atoms. The molecule has 0 aromatic heterocycles. The van der Waals surface area contributed by atoms with E-state index in [1.54, 1.807) is 6.92 Å². The number of hydrogen-bond acceptors (Lipinski definition) is 3.